The largest absolute Gasteiger partial charge is 0.310 e. The Hall–Kier alpha value is -0.470. The fourth-order valence-corrected chi connectivity index (χ4v) is 4.45. The standard InChI is InChI=1S/C18H29NS/c1-3-15-9-8-10-16(13-15)18(19-4-2)14-20-17-11-6-5-7-12-17/h8-10,13,17-19H,3-7,11-12,14H2,1-2H3. The van der Waals surface area contributed by atoms with Gasteiger partial charge in [0, 0.05) is 17.0 Å². The molecule has 0 heterocycles. The summed E-state index contributed by atoms with van der Waals surface area (Å²) in [6, 6.07) is 9.63. The lowest BCUT2D eigenvalue weighted by Gasteiger charge is -2.25. The molecular weight excluding hydrogens is 262 g/mol. The zero-order chi connectivity index (χ0) is 14.2. The smallest absolute Gasteiger partial charge is 0.0411 e. The molecule has 1 nitrogen and oxygen atoms in total. The van der Waals surface area contributed by atoms with Gasteiger partial charge in [-0.25, -0.2) is 0 Å². The van der Waals surface area contributed by atoms with Crippen LogP contribution in [0.5, 0.6) is 0 Å². The fourth-order valence-electron chi connectivity index (χ4n) is 3.01. The molecule has 0 saturated heterocycles. The average molecular weight is 292 g/mol. The van der Waals surface area contributed by atoms with Crippen LogP contribution in [0.2, 0.25) is 0 Å². The second-order valence-corrected chi connectivity index (χ2v) is 7.14. The first-order chi connectivity index (χ1) is 9.83. The molecule has 0 aliphatic heterocycles. The van der Waals surface area contributed by atoms with Crippen LogP contribution >= 0.6 is 11.8 Å². The summed E-state index contributed by atoms with van der Waals surface area (Å²) >= 11 is 2.19. The van der Waals surface area contributed by atoms with Crippen LogP contribution in [0.1, 0.15) is 63.1 Å². The minimum absolute atomic E-state index is 0.512. The zero-order valence-electron chi connectivity index (χ0n) is 13.0. The van der Waals surface area contributed by atoms with E-state index in [1.165, 1.54) is 49.0 Å². The molecule has 1 atom stereocenters. The summed E-state index contributed by atoms with van der Waals surface area (Å²) in [5, 5.41) is 4.57. The van der Waals surface area contributed by atoms with E-state index >= 15 is 0 Å². The van der Waals surface area contributed by atoms with Crippen LogP contribution in [0, 0.1) is 0 Å². The number of thioether (sulfide) groups is 1. The number of nitrogens with one attached hydrogen (secondary N) is 1. The van der Waals surface area contributed by atoms with Crippen molar-refractivity contribution >= 4 is 11.8 Å². The van der Waals surface area contributed by atoms with E-state index < -0.39 is 0 Å². The maximum atomic E-state index is 3.67. The van der Waals surface area contributed by atoms with Crippen LogP contribution in [0.4, 0.5) is 0 Å². The van der Waals surface area contributed by atoms with Crippen LogP contribution in [0.15, 0.2) is 24.3 Å². The van der Waals surface area contributed by atoms with Gasteiger partial charge in [0.2, 0.25) is 0 Å². The second-order valence-electron chi connectivity index (χ2n) is 5.80. The highest BCUT2D eigenvalue weighted by molar-refractivity contribution is 7.99. The Balaban J connectivity index is 1.94. The number of benzene rings is 1. The van der Waals surface area contributed by atoms with Crippen molar-refractivity contribution in [1.82, 2.24) is 5.32 Å². The van der Waals surface area contributed by atoms with Crippen molar-refractivity contribution in [1.29, 1.82) is 0 Å². The van der Waals surface area contributed by atoms with E-state index in [9.17, 15) is 0 Å². The number of hydrogen-bond donors (Lipinski definition) is 1. The predicted octanol–water partition coefficient (Wildman–Crippen LogP) is 4.97. The molecule has 0 aromatic heterocycles. The van der Waals surface area contributed by atoms with Gasteiger partial charge in [0.25, 0.3) is 0 Å². The molecule has 1 saturated carbocycles. The lowest BCUT2D eigenvalue weighted by atomic mass is 10.0. The molecule has 2 rings (SSSR count). The van der Waals surface area contributed by atoms with Gasteiger partial charge in [-0.15, -0.1) is 0 Å². The molecule has 1 aromatic rings. The van der Waals surface area contributed by atoms with Crippen LogP contribution in [0.25, 0.3) is 0 Å². The van der Waals surface area contributed by atoms with E-state index in [1.54, 1.807) is 0 Å². The van der Waals surface area contributed by atoms with Crippen LogP contribution in [-0.4, -0.2) is 17.5 Å². The van der Waals surface area contributed by atoms with Crippen molar-refractivity contribution in [3.63, 3.8) is 0 Å². The Bertz CT molecular complexity index is 385. The van der Waals surface area contributed by atoms with Crippen molar-refractivity contribution in [2.75, 3.05) is 12.3 Å². The quantitative estimate of drug-likeness (QED) is 0.761. The SMILES string of the molecule is CCNC(CSC1CCCCC1)c1cccc(CC)c1. The third kappa shape index (κ3) is 4.82. The molecule has 1 aliphatic carbocycles. The Kier molecular flexibility index (Phi) is 6.95. The molecule has 20 heavy (non-hydrogen) atoms. The summed E-state index contributed by atoms with van der Waals surface area (Å²) in [6.45, 7) is 5.49. The number of aryl methyl sites for hydroxylation is 1. The lowest BCUT2D eigenvalue weighted by molar-refractivity contribution is 0.514. The second kappa shape index (κ2) is 8.74. The molecule has 0 spiro atoms. The van der Waals surface area contributed by atoms with Gasteiger partial charge >= 0.3 is 0 Å². The first kappa shape index (κ1) is 15.9. The van der Waals surface area contributed by atoms with Gasteiger partial charge < -0.3 is 5.32 Å². The maximum absolute atomic E-state index is 3.67. The Labute approximate surface area is 128 Å². The molecule has 0 radical (unpaired) electrons. The van der Waals surface area contributed by atoms with Gasteiger partial charge in [-0.3, -0.25) is 0 Å². The summed E-state index contributed by atoms with van der Waals surface area (Å²) in [5.74, 6) is 1.21. The molecule has 1 unspecified atom stereocenters. The van der Waals surface area contributed by atoms with Crippen molar-refractivity contribution in [3.8, 4) is 0 Å². The van der Waals surface area contributed by atoms with Gasteiger partial charge in [0.05, 0.1) is 0 Å². The van der Waals surface area contributed by atoms with Crippen molar-refractivity contribution in [2.45, 2.75) is 63.7 Å². The third-order valence-corrected chi connectivity index (χ3v) is 5.73. The number of hydrogen-bond acceptors (Lipinski definition) is 2. The predicted molar refractivity (Wildman–Crippen MR) is 91.6 cm³/mol. The van der Waals surface area contributed by atoms with Gasteiger partial charge in [-0.05, 0) is 36.9 Å². The fraction of sp³-hybridized carbons (Fsp3) is 0.667. The van der Waals surface area contributed by atoms with Crippen LogP contribution in [-0.2, 0) is 6.42 Å². The Morgan fingerprint density at radius 2 is 2.00 bits per heavy atom. The normalized spacial score (nSPS) is 18.1. The van der Waals surface area contributed by atoms with Gasteiger partial charge in [-0.2, -0.15) is 11.8 Å². The molecule has 1 fully saturated rings. The monoisotopic (exact) mass is 291 g/mol. The summed E-state index contributed by atoms with van der Waals surface area (Å²) in [5.41, 5.74) is 2.92. The third-order valence-electron chi connectivity index (χ3n) is 4.26. The van der Waals surface area contributed by atoms with Crippen molar-refractivity contribution < 1.29 is 0 Å². The average Bonchev–Trinajstić information content (AvgIpc) is 2.52. The molecule has 1 N–H and O–H groups in total. The van der Waals surface area contributed by atoms with Crippen molar-refractivity contribution in [2.24, 2.45) is 0 Å². The summed E-state index contributed by atoms with van der Waals surface area (Å²) in [7, 11) is 0. The highest BCUT2D eigenvalue weighted by Gasteiger charge is 2.17. The van der Waals surface area contributed by atoms with Gasteiger partial charge in [-0.1, -0.05) is 57.4 Å². The zero-order valence-corrected chi connectivity index (χ0v) is 13.8. The Morgan fingerprint density at radius 1 is 1.20 bits per heavy atom. The van der Waals surface area contributed by atoms with E-state index in [0.29, 0.717) is 6.04 Å². The number of rotatable bonds is 7. The van der Waals surface area contributed by atoms with Crippen LogP contribution in [0.3, 0.4) is 0 Å². The highest BCUT2D eigenvalue weighted by atomic mass is 32.2. The first-order valence-electron chi connectivity index (χ1n) is 8.27. The highest BCUT2D eigenvalue weighted by Crippen LogP contribution is 2.31. The summed E-state index contributed by atoms with van der Waals surface area (Å²) < 4.78 is 0. The lowest BCUT2D eigenvalue weighted by Crippen LogP contribution is -2.24. The van der Waals surface area contributed by atoms with Crippen molar-refractivity contribution in [3.05, 3.63) is 35.4 Å². The minimum Gasteiger partial charge on any atom is -0.310 e. The van der Waals surface area contributed by atoms with E-state index in [4.69, 9.17) is 0 Å². The topological polar surface area (TPSA) is 12.0 Å². The molecule has 1 aliphatic rings. The van der Waals surface area contributed by atoms with Gasteiger partial charge in [0.15, 0.2) is 0 Å². The summed E-state index contributed by atoms with van der Waals surface area (Å²) in [6.07, 6.45) is 8.31. The van der Waals surface area contributed by atoms with E-state index in [-0.39, 0.29) is 0 Å². The minimum atomic E-state index is 0.512. The molecule has 1 aromatic carbocycles. The summed E-state index contributed by atoms with van der Waals surface area (Å²) in [4.78, 5) is 0. The van der Waals surface area contributed by atoms with E-state index in [0.717, 1.165) is 18.2 Å². The van der Waals surface area contributed by atoms with E-state index in [2.05, 4.69) is 55.2 Å². The molecule has 0 amide bonds. The molecule has 0 bridgehead atoms. The van der Waals surface area contributed by atoms with Gasteiger partial charge in [0.1, 0.15) is 0 Å². The molecular formula is C18H29NS. The molecule has 112 valence electrons. The molecule has 2 heteroatoms. The Morgan fingerprint density at radius 3 is 2.70 bits per heavy atom. The first-order valence-corrected chi connectivity index (χ1v) is 9.32. The van der Waals surface area contributed by atoms with Crippen LogP contribution < -0.4 is 5.32 Å². The van der Waals surface area contributed by atoms with E-state index in [1.807, 2.05) is 0 Å². The maximum Gasteiger partial charge on any atom is 0.0411 e.